The van der Waals surface area contributed by atoms with Crippen LogP contribution in [0.1, 0.15) is 45.1 Å². The summed E-state index contributed by atoms with van der Waals surface area (Å²) in [6.07, 6.45) is 0. The summed E-state index contributed by atoms with van der Waals surface area (Å²) in [4.78, 5) is 0. The Morgan fingerprint density at radius 2 is 1.90 bits per heavy atom. The van der Waals surface area contributed by atoms with Gasteiger partial charge in [0.1, 0.15) is 5.76 Å². The zero-order valence-corrected chi connectivity index (χ0v) is 13.6. The van der Waals surface area contributed by atoms with Crippen LogP contribution in [0.15, 0.2) is 40.9 Å². The van der Waals surface area contributed by atoms with E-state index in [1.54, 1.807) is 0 Å². The molecule has 2 aromatic rings. The molecule has 1 heterocycles. The number of benzene rings is 1. The third-order valence-electron chi connectivity index (χ3n) is 3.14. The number of nitrogens with zero attached hydrogens (tertiary/aromatic N) is 1. The van der Waals surface area contributed by atoms with Gasteiger partial charge < -0.3 is 15.2 Å². The number of hydrogen-bond acceptors (Lipinski definition) is 3. The van der Waals surface area contributed by atoms with Crippen LogP contribution < -0.4 is 10.6 Å². The van der Waals surface area contributed by atoms with Crippen molar-refractivity contribution in [1.29, 1.82) is 0 Å². The molecule has 2 N–H and O–H groups in total. The fourth-order valence-electron chi connectivity index (χ4n) is 1.86. The lowest BCUT2D eigenvalue weighted by molar-refractivity contribution is 0.331. The number of thiocarbonyl (C=S) groups is 1. The molecular weight excluding hydrogens is 282 g/mol. The van der Waals surface area contributed by atoms with Crippen LogP contribution in [-0.4, -0.2) is 10.3 Å². The number of nitrogens with one attached hydrogen (secondary N) is 2. The van der Waals surface area contributed by atoms with Gasteiger partial charge in [0.2, 0.25) is 0 Å². The Morgan fingerprint density at radius 1 is 1.24 bits per heavy atom. The minimum absolute atomic E-state index is 0.0701. The van der Waals surface area contributed by atoms with Crippen LogP contribution in [-0.2, 0) is 5.41 Å². The molecule has 4 nitrogen and oxygen atoms in total. The maximum absolute atomic E-state index is 5.32. The van der Waals surface area contributed by atoms with Gasteiger partial charge in [-0.1, -0.05) is 56.3 Å². The predicted octanol–water partition coefficient (Wildman–Crippen LogP) is 4.02. The van der Waals surface area contributed by atoms with E-state index in [2.05, 4.69) is 55.6 Å². The zero-order chi connectivity index (χ0) is 15.5. The van der Waals surface area contributed by atoms with Gasteiger partial charge in [0.05, 0.1) is 6.04 Å². The fourth-order valence-corrected chi connectivity index (χ4v) is 2.14. The highest BCUT2D eigenvalue weighted by atomic mass is 32.1. The average Bonchev–Trinajstić information content (AvgIpc) is 2.88. The standard InChI is InChI=1S/C16H21N3OS/c1-11(12-8-6-5-7-9-12)17-15(21)18-14-10-13(20-19-14)16(2,3)4/h5-11H,1-4H3,(H2,17,18,19,21). The van der Waals surface area contributed by atoms with E-state index in [1.807, 2.05) is 24.3 Å². The topological polar surface area (TPSA) is 50.1 Å². The smallest absolute Gasteiger partial charge is 0.175 e. The highest BCUT2D eigenvalue weighted by molar-refractivity contribution is 7.80. The van der Waals surface area contributed by atoms with Crippen molar-refractivity contribution in [2.24, 2.45) is 0 Å². The summed E-state index contributed by atoms with van der Waals surface area (Å²) < 4.78 is 5.32. The van der Waals surface area contributed by atoms with Gasteiger partial charge in [-0.3, -0.25) is 0 Å². The molecule has 1 aromatic heterocycles. The number of hydrogen-bond donors (Lipinski definition) is 2. The Morgan fingerprint density at radius 3 is 2.48 bits per heavy atom. The third-order valence-corrected chi connectivity index (χ3v) is 3.36. The van der Waals surface area contributed by atoms with Crippen molar-refractivity contribution >= 4 is 23.1 Å². The summed E-state index contributed by atoms with van der Waals surface area (Å²) in [5.41, 5.74) is 1.11. The van der Waals surface area contributed by atoms with Gasteiger partial charge in [-0.15, -0.1) is 0 Å². The van der Waals surface area contributed by atoms with Crippen molar-refractivity contribution < 1.29 is 4.52 Å². The number of rotatable bonds is 3. The molecule has 21 heavy (non-hydrogen) atoms. The van der Waals surface area contributed by atoms with Crippen molar-refractivity contribution in [3.63, 3.8) is 0 Å². The molecule has 1 aromatic carbocycles. The quantitative estimate of drug-likeness (QED) is 0.839. The second-order valence-electron chi connectivity index (χ2n) is 6.06. The average molecular weight is 303 g/mol. The summed E-state index contributed by atoms with van der Waals surface area (Å²) in [6, 6.07) is 12.1. The van der Waals surface area contributed by atoms with Crippen molar-refractivity contribution in [2.45, 2.75) is 39.2 Å². The zero-order valence-electron chi connectivity index (χ0n) is 12.8. The van der Waals surface area contributed by atoms with Crippen molar-refractivity contribution in [1.82, 2.24) is 10.5 Å². The molecule has 0 aliphatic heterocycles. The summed E-state index contributed by atoms with van der Waals surface area (Å²) >= 11 is 5.31. The van der Waals surface area contributed by atoms with Crippen LogP contribution in [0.2, 0.25) is 0 Å². The molecule has 1 atom stereocenters. The highest BCUT2D eigenvalue weighted by Crippen LogP contribution is 2.24. The van der Waals surface area contributed by atoms with Crippen molar-refractivity contribution in [2.75, 3.05) is 5.32 Å². The third kappa shape index (κ3) is 4.29. The lowest BCUT2D eigenvalue weighted by Crippen LogP contribution is -2.30. The first-order valence-corrected chi connectivity index (χ1v) is 7.37. The van der Waals surface area contributed by atoms with Crippen molar-refractivity contribution in [3.05, 3.63) is 47.7 Å². The van der Waals surface area contributed by atoms with Crippen LogP contribution >= 0.6 is 12.2 Å². The maximum atomic E-state index is 5.32. The van der Waals surface area contributed by atoms with Crippen LogP contribution in [0.4, 0.5) is 5.82 Å². The van der Waals surface area contributed by atoms with Crippen LogP contribution in [0, 0.1) is 0 Å². The van der Waals surface area contributed by atoms with E-state index >= 15 is 0 Å². The minimum atomic E-state index is -0.0701. The van der Waals surface area contributed by atoms with E-state index in [4.69, 9.17) is 16.7 Å². The molecule has 0 aliphatic rings. The summed E-state index contributed by atoms with van der Waals surface area (Å²) in [5, 5.41) is 10.8. The van der Waals surface area contributed by atoms with Crippen molar-refractivity contribution in [3.8, 4) is 0 Å². The van der Waals surface area contributed by atoms with Gasteiger partial charge in [0.25, 0.3) is 0 Å². The van der Waals surface area contributed by atoms with E-state index in [9.17, 15) is 0 Å². The first-order valence-electron chi connectivity index (χ1n) is 6.96. The van der Waals surface area contributed by atoms with E-state index < -0.39 is 0 Å². The van der Waals surface area contributed by atoms with E-state index in [1.165, 1.54) is 5.56 Å². The van der Waals surface area contributed by atoms with Crippen LogP contribution in [0.3, 0.4) is 0 Å². The molecule has 0 saturated heterocycles. The first-order chi connectivity index (χ1) is 9.86. The summed E-state index contributed by atoms with van der Waals surface area (Å²) in [6.45, 7) is 8.29. The molecule has 2 rings (SSSR count). The summed E-state index contributed by atoms with van der Waals surface area (Å²) in [7, 11) is 0. The molecule has 5 heteroatoms. The molecule has 0 saturated carbocycles. The van der Waals surface area contributed by atoms with Gasteiger partial charge in [-0.05, 0) is 24.7 Å². The molecule has 0 amide bonds. The molecule has 0 fully saturated rings. The largest absolute Gasteiger partial charge is 0.359 e. The fraction of sp³-hybridized carbons (Fsp3) is 0.375. The highest BCUT2D eigenvalue weighted by Gasteiger charge is 2.20. The van der Waals surface area contributed by atoms with E-state index in [0.717, 1.165) is 5.76 Å². The number of aromatic nitrogens is 1. The molecule has 1 unspecified atom stereocenters. The Balaban J connectivity index is 1.94. The second-order valence-corrected chi connectivity index (χ2v) is 6.47. The lowest BCUT2D eigenvalue weighted by Gasteiger charge is -2.16. The predicted molar refractivity (Wildman–Crippen MR) is 89.4 cm³/mol. The second kappa shape index (κ2) is 6.26. The molecule has 112 valence electrons. The Kier molecular flexibility index (Phi) is 4.63. The minimum Gasteiger partial charge on any atom is -0.359 e. The summed E-state index contributed by atoms with van der Waals surface area (Å²) in [5.74, 6) is 1.45. The monoisotopic (exact) mass is 303 g/mol. The molecule has 0 aliphatic carbocycles. The number of anilines is 1. The normalized spacial score (nSPS) is 12.8. The first kappa shape index (κ1) is 15.5. The maximum Gasteiger partial charge on any atom is 0.175 e. The Labute approximate surface area is 130 Å². The van der Waals surface area contributed by atoms with Crippen LogP contribution in [0.25, 0.3) is 0 Å². The van der Waals surface area contributed by atoms with E-state index in [-0.39, 0.29) is 11.5 Å². The van der Waals surface area contributed by atoms with Gasteiger partial charge in [-0.25, -0.2) is 0 Å². The van der Waals surface area contributed by atoms with Gasteiger partial charge in [0.15, 0.2) is 10.9 Å². The molecule has 0 bridgehead atoms. The van der Waals surface area contributed by atoms with Gasteiger partial charge >= 0.3 is 0 Å². The SMILES string of the molecule is CC(NC(=S)Nc1cc(C(C)(C)C)on1)c1ccccc1. The van der Waals surface area contributed by atoms with Gasteiger partial charge in [-0.2, -0.15) is 0 Å². The van der Waals surface area contributed by atoms with Gasteiger partial charge in [0, 0.05) is 11.5 Å². The molecular formula is C16H21N3OS. The van der Waals surface area contributed by atoms with Crippen LogP contribution in [0.5, 0.6) is 0 Å². The van der Waals surface area contributed by atoms with E-state index in [0.29, 0.717) is 10.9 Å². The molecule has 0 spiro atoms. The molecule has 0 radical (unpaired) electrons. The lowest BCUT2D eigenvalue weighted by atomic mass is 9.93. The Hall–Kier alpha value is -1.88. The Bertz CT molecular complexity index is 601.